The molecule has 1 aliphatic heterocycles. The monoisotopic (exact) mass is 237 g/mol. The largest absolute Gasteiger partial charge is 0.453 e. The summed E-state index contributed by atoms with van der Waals surface area (Å²) in [4.78, 5) is 13.2. The van der Waals surface area contributed by atoms with Crippen molar-refractivity contribution >= 4 is 6.09 Å². The lowest BCUT2D eigenvalue weighted by Crippen LogP contribution is -2.36. The standard InChI is InChI=1S/C12H19N3O2/c1-8(2)15-11-5-6-14(12(16)17-4)7-10(11)9(3)13-15/h8H,5-7H2,1-4H3. The molecule has 1 aromatic heterocycles. The van der Waals surface area contributed by atoms with E-state index >= 15 is 0 Å². The molecule has 0 aliphatic carbocycles. The van der Waals surface area contributed by atoms with Crippen LogP contribution in [0.2, 0.25) is 0 Å². The van der Waals surface area contributed by atoms with Crippen LogP contribution in [-0.2, 0) is 17.7 Å². The number of carbonyl (C=O) groups excluding carboxylic acids is 1. The lowest BCUT2D eigenvalue weighted by Gasteiger charge is -2.26. The topological polar surface area (TPSA) is 47.4 Å². The number of fused-ring (bicyclic) bond motifs is 1. The van der Waals surface area contributed by atoms with E-state index in [4.69, 9.17) is 4.74 Å². The minimum Gasteiger partial charge on any atom is -0.453 e. The molecular formula is C12H19N3O2. The van der Waals surface area contributed by atoms with E-state index < -0.39 is 0 Å². The Balaban J connectivity index is 2.30. The molecule has 5 nitrogen and oxygen atoms in total. The normalized spacial score (nSPS) is 15.0. The zero-order chi connectivity index (χ0) is 12.6. The van der Waals surface area contributed by atoms with E-state index in [0.29, 0.717) is 19.1 Å². The molecule has 0 bridgehead atoms. The number of ether oxygens (including phenoxy) is 1. The Hall–Kier alpha value is -1.52. The summed E-state index contributed by atoms with van der Waals surface area (Å²) in [6.07, 6.45) is 0.594. The zero-order valence-electron chi connectivity index (χ0n) is 10.9. The van der Waals surface area contributed by atoms with E-state index in [9.17, 15) is 4.79 Å². The third-order valence-electron chi connectivity index (χ3n) is 3.21. The average molecular weight is 237 g/mol. The van der Waals surface area contributed by atoms with Crippen LogP contribution in [0.25, 0.3) is 0 Å². The summed E-state index contributed by atoms with van der Waals surface area (Å²) in [5.41, 5.74) is 3.45. The van der Waals surface area contributed by atoms with Gasteiger partial charge in [-0.2, -0.15) is 5.10 Å². The Bertz CT molecular complexity index is 437. The molecule has 0 atom stereocenters. The molecule has 1 amide bonds. The van der Waals surface area contributed by atoms with Crippen LogP contribution in [-0.4, -0.2) is 34.4 Å². The molecule has 0 aromatic carbocycles. The zero-order valence-corrected chi connectivity index (χ0v) is 10.9. The summed E-state index contributed by atoms with van der Waals surface area (Å²) in [6, 6.07) is 0.363. The molecule has 1 aromatic rings. The van der Waals surface area contributed by atoms with Crippen LogP contribution in [0.4, 0.5) is 4.79 Å². The summed E-state index contributed by atoms with van der Waals surface area (Å²) >= 11 is 0. The quantitative estimate of drug-likeness (QED) is 0.749. The maximum atomic E-state index is 11.5. The van der Waals surface area contributed by atoms with Gasteiger partial charge >= 0.3 is 6.09 Å². The smallest absolute Gasteiger partial charge is 0.409 e. The van der Waals surface area contributed by atoms with Crippen LogP contribution in [0.5, 0.6) is 0 Å². The van der Waals surface area contributed by atoms with Crippen molar-refractivity contribution in [1.82, 2.24) is 14.7 Å². The first-order chi connectivity index (χ1) is 8.04. The first kappa shape index (κ1) is 12.0. The molecule has 0 radical (unpaired) electrons. The number of hydrogen-bond donors (Lipinski definition) is 0. The summed E-state index contributed by atoms with van der Waals surface area (Å²) in [7, 11) is 1.42. The molecular weight excluding hydrogens is 218 g/mol. The second-order valence-corrected chi connectivity index (χ2v) is 4.69. The molecule has 2 rings (SSSR count). The lowest BCUT2D eigenvalue weighted by atomic mass is 10.1. The van der Waals surface area contributed by atoms with E-state index in [1.807, 2.05) is 6.92 Å². The van der Waals surface area contributed by atoms with Crippen LogP contribution >= 0.6 is 0 Å². The number of rotatable bonds is 1. The van der Waals surface area contributed by atoms with Gasteiger partial charge in [-0.25, -0.2) is 4.79 Å². The fourth-order valence-electron chi connectivity index (χ4n) is 2.32. The van der Waals surface area contributed by atoms with Crippen LogP contribution in [0.1, 0.15) is 36.8 Å². The summed E-state index contributed by atoms with van der Waals surface area (Å²) in [6.45, 7) is 7.56. The van der Waals surface area contributed by atoms with Gasteiger partial charge in [-0.05, 0) is 20.8 Å². The van der Waals surface area contributed by atoms with Crippen LogP contribution in [0.15, 0.2) is 0 Å². The molecule has 0 saturated carbocycles. The van der Waals surface area contributed by atoms with Gasteiger partial charge in [0.2, 0.25) is 0 Å². The average Bonchev–Trinajstić information content (AvgIpc) is 2.65. The number of aryl methyl sites for hydroxylation is 1. The Morgan fingerprint density at radius 3 is 2.76 bits per heavy atom. The second-order valence-electron chi connectivity index (χ2n) is 4.69. The summed E-state index contributed by atoms with van der Waals surface area (Å²) < 4.78 is 6.83. The fourth-order valence-corrected chi connectivity index (χ4v) is 2.32. The number of hydrogen-bond acceptors (Lipinski definition) is 3. The summed E-state index contributed by atoms with van der Waals surface area (Å²) in [5, 5.41) is 4.55. The van der Waals surface area contributed by atoms with Crippen molar-refractivity contribution in [3.63, 3.8) is 0 Å². The molecule has 1 aliphatic rings. The van der Waals surface area contributed by atoms with Crippen LogP contribution < -0.4 is 0 Å². The van der Waals surface area contributed by atoms with E-state index in [1.54, 1.807) is 4.90 Å². The Labute approximate surface area is 101 Å². The Kier molecular flexibility index (Phi) is 3.09. The van der Waals surface area contributed by atoms with Gasteiger partial charge in [0.25, 0.3) is 0 Å². The van der Waals surface area contributed by atoms with Crippen molar-refractivity contribution < 1.29 is 9.53 Å². The lowest BCUT2D eigenvalue weighted by molar-refractivity contribution is 0.118. The first-order valence-electron chi connectivity index (χ1n) is 5.94. The highest BCUT2D eigenvalue weighted by atomic mass is 16.5. The number of carbonyl (C=O) groups is 1. The highest BCUT2D eigenvalue weighted by Gasteiger charge is 2.26. The molecule has 0 saturated heterocycles. The number of aromatic nitrogens is 2. The third-order valence-corrected chi connectivity index (χ3v) is 3.21. The van der Waals surface area contributed by atoms with Crippen molar-refractivity contribution in [2.24, 2.45) is 0 Å². The molecule has 0 fully saturated rings. The molecule has 94 valence electrons. The number of amides is 1. The SMILES string of the molecule is COC(=O)N1CCc2c(c(C)nn2C(C)C)C1. The molecule has 0 N–H and O–H groups in total. The maximum Gasteiger partial charge on any atom is 0.409 e. The molecule has 17 heavy (non-hydrogen) atoms. The second kappa shape index (κ2) is 4.39. The van der Waals surface area contributed by atoms with E-state index in [-0.39, 0.29) is 6.09 Å². The van der Waals surface area contributed by atoms with Crippen molar-refractivity contribution in [1.29, 1.82) is 0 Å². The van der Waals surface area contributed by atoms with Gasteiger partial charge in [-0.15, -0.1) is 0 Å². The Morgan fingerprint density at radius 1 is 1.47 bits per heavy atom. The van der Waals surface area contributed by atoms with Crippen LogP contribution in [0, 0.1) is 6.92 Å². The van der Waals surface area contributed by atoms with Gasteiger partial charge in [0.15, 0.2) is 0 Å². The summed E-state index contributed by atoms with van der Waals surface area (Å²) in [5.74, 6) is 0. The van der Waals surface area contributed by atoms with Crippen molar-refractivity contribution in [3.05, 3.63) is 17.0 Å². The van der Waals surface area contributed by atoms with Gasteiger partial charge in [-0.1, -0.05) is 0 Å². The van der Waals surface area contributed by atoms with Gasteiger partial charge in [0.05, 0.1) is 19.3 Å². The highest BCUT2D eigenvalue weighted by molar-refractivity contribution is 5.68. The van der Waals surface area contributed by atoms with Crippen molar-refractivity contribution in [2.45, 2.75) is 39.8 Å². The van der Waals surface area contributed by atoms with E-state index in [1.165, 1.54) is 18.4 Å². The minimum absolute atomic E-state index is 0.257. The first-order valence-corrected chi connectivity index (χ1v) is 5.94. The van der Waals surface area contributed by atoms with Crippen LogP contribution in [0.3, 0.4) is 0 Å². The van der Waals surface area contributed by atoms with Gasteiger partial charge < -0.3 is 9.64 Å². The van der Waals surface area contributed by atoms with Gasteiger partial charge in [-0.3, -0.25) is 4.68 Å². The molecule has 0 unspecified atom stereocenters. The molecule has 0 spiro atoms. The van der Waals surface area contributed by atoms with Crippen molar-refractivity contribution in [2.75, 3.05) is 13.7 Å². The predicted octanol–water partition coefficient (Wildman–Crippen LogP) is 1.90. The Morgan fingerprint density at radius 2 is 2.18 bits per heavy atom. The van der Waals surface area contributed by atoms with Gasteiger partial charge in [0.1, 0.15) is 0 Å². The molecule has 2 heterocycles. The van der Waals surface area contributed by atoms with Crippen molar-refractivity contribution in [3.8, 4) is 0 Å². The third kappa shape index (κ3) is 2.01. The van der Waals surface area contributed by atoms with Gasteiger partial charge in [0, 0.05) is 30.3 Å². The maximum absolute atomic E-state index is 11.5. The predicted molar refractivity (Wildman–Crippen MR) is 63.9 cm³/mol. The number of methoxy groups -OCH3 is 1. The fraction of sp³-hybridized carbons (Fsp3) is 0.667. The van der Waals surface area contributed by atoms with E-state index in [2.05, 4.69) is 23.6 Å². The minimum atomic E-state index is -0.257. The molecule has 5 heteroatoms. The highest BCUT2D eigenvalue weighted by Crippen LogP contribution is 2.24. The number of nitrogens with zero attached hydrogens (tertiary/aromatic N) is 3. The van der Waals surface area contributed by atoms with E-state index in [0.717, 1.165) is 12.1 Å².